The number of fused-ring (bicyclic) bond motifs is 2. The van der Waals surface area contributed by atoms with Crippen molar-refractivity contribution in [1.82, 2.24) is 0 Å². The molecule has 0 bridgehead atoms. The zero-order valence-corrected chi connectivity index (χ0v) is 29.5. The fourth-order valence-electron chi connectivity index (χ4n) is 7.96. The molecule has 0 nitrogen and oxygen atoms in total. The summed E-state index contributed by atoms with van der Waals surface area (Å²) < 4.78 is 0. The molecule has 0 aliphatic carbocycles. The molecule has 9 aromatic carbocycles. The van der Waals surface area contributed by atoms with Crippen LogP contribution in [0.5, 0.6) is 0 Å². The largest absolute Gasteiger partial charge is 0.0622 e. The van der Waals surface area contributed by atoms with Crippen molar-refractivity contribution < 1.29 is 0 Å². The number of rotatable bonds is 6. The second-order valence-electron chi connectivity index (χ2n) is 13.9. The first kappa shape index (κ1) is 31.5. The number of aryl methyl sites for hydroxylation is 2. The van der Waals surface area contributed by atoms with Crippen LogP contribution < -0.4 is 0 Å². The molecular formula is C52H38. The minimum absolute atomic E-state index is 1.22. The SMILES string of the molecule is Cc1cc(-c2cccc(-c3ccccc3)c2)cc(-c2c3ccccc3c(-c3cc(C)cc(-c4cccc(-c5ccccc5)c4)c3)c3ccccc23)c1. The first-order valence-electron chi connectivity index (χ1n) is 18.1. The second-order valence-corrected chi connectivity index (χ2v) is 13.9. The molecular weight excluding hydrogens is 625 g/mol. The van der Waals surface area contributed by atoms with Gasteiger partial charge in [-0.25, -0.2) is 0 Å². The summed E-state index contributed by atoms with van der Waals surface area (Å²) in [4.78, 5) is 0. The van der Waals surface area contributed by atoms with Crippen LogP contribution in [0.25, 0.3) is 88.3 Å². The molecule has 0 spiro atoms. The average Bonchev–Trinajstić information content (AvgIpc) is 3.20. The van der Waals surface area contributed by atoms with Gasteiger partial charge in [-0.2, -0.15) is 0 Å². The van der Waals surface area contributed by atoms with Crippen LogP contribution in [0.4, 0.5) is 0 Å². The highest BCUT2D eigenvalue weighted by molar-refractivity contribution is 6.21. The highest BCUT2D eigenvalue weighted by Crippen LogP contribution is 2.45. The molecule has 0 saturated carbocycles. The third-order valence-corrected chi connectivity index (χ3v) is 10.3. The lowest BCUT2D eigenvalue weighted by molar-refractivity contribution is 1.46. The molecule has 0 aromatic heterocycles. The van der Waals surface area contributed by atoms with E-state index in [0.717, 1.165) is 0 Å². The van der Waals surface area contributed by atoms with Gasteiger partial charge in [0.25, 0.3) is 0 Å². The Kier molecular flexibility index (Phi) is 8.07. The maximum Gasteiger partial charge on any atom is -0.00261 e. The molecule has 0 atom stereocenters. The van der Waals surface area contributed by atoms with E-state index in [-0.39, 0.29) is 0 Å². The lowest BCUT2D eigenvalue weighted by atomic mass is 9.84. The Morgan fingerprint density at radius 1 is 0.212 bits per heavy atom. The molecule has 52 heavy (non-hydrogen) atoms. The molecule has 246 valence electrons. The summed E-state index contributed by atoms with van der Waals surface area (Å²) in [7, 11) is 0. The zero-order chi connectivity index (χ0) is 35.0. The Morgan fingerprint density at radius 3 is 0.846 bits per heavy atom. The number of hydrogen-bond acceptors (Lipinski definition) is 0. The van der Waals surface area contributed by atoms with Crippen molar-refractivity contribution in [3.63, 3.8) is 0 Å². The monoisotopic (exact) mass is 662 g/mol. The Labute approximate surface area is 306 Å². The zero-order valence-electron chi connectivity index (χ0n) is 29.5. The number of hydrogen-bond donors (Lipinski definition) is 0. The van der Waals surface area contributed by atoms with E-state index in [0.29, 0.717) is 0 Å². The van der Waals surface area contributed by atoms with E-state index in [1.54, 1.807) is 0 Å². The van der Waals surface area contributed by atoms with Crippen molar-refractivity contribution in [1.29, 1.82) is 0 Å². The second kappa shape index (κ2) is 13.3. The van der Waals surface area contributed by atoms with Crippen LogP contribution in [0, 0.1) is 13.8 Å². The van der Waals surface area contributed by atoms with Crippen molar-refractivity contribution in [2.75, 3.05) is 0 Å². The summed E-state index contributed by atoms with van der Waals surface area (Å²) >= 11 is 0. The van der Waals surface area contributed by atoms with E-state index in [9.17, 15) is 0 Å². The lowest BCUT2D eigenvalue weighted by Gasteiger charge is -2.19. The van der Waals surface area contributed by atoms with E-state index < -0.39 is 0 Å². The van der Waals surface area contributed by atoms with Gasteiger partial charge in [0, 0.05) is 0 Å². The molecule has 0 saturated heterocycles. The van der Waals surface area contributed by atoms with Crippen molar-refractivity contribution in [3.05, 3.63) is 205 Å². The minimum atomic E-state index is 1.22. The van der Waals surface area contributed by atoms with Crippen LogP contribution in [0.15, 0.2) is 194 Å². The quantitative estimate of drug-likeness (QED) is 0.155. The summed E-state index contributed by atoms with van der Waals surface area (Å²) in [6.07, 6.45) is 0. The van der Waals surface area contributed by atoms with E-state index in [2.05, 4.69) is 208 Å². The fourth-order valence-corrected chi connectivity index (χ4v) is 7.96. The molecule has 0 radical (unpaired) electrons. The first-order chi connectivity index (χ1) is 25.6. The summed E-state index contributed by atoms with van der Waals surface area (Å²) in [6.45, 7) is 4.43. The first-order valence-corrected chi connectivity index (χ1v) is 18.1. The summed E-state index contributed by atoms with van der Waals surface area (Å²) in [6, 6.07) is 71.2. The topological polar surface area (TPSA) is 0 Å². The van der Waals surface area contributed by atoms with E-state index >= 15 is 0 Å². The molecule has 0 N–H and O–H groups in total. The Hall–Kier alpha value is -6.50. The number of benzene rings is 9. The van der Waals surface area contributed by atoms with Gasteiger partial charge in [0.2, 0.25) is 0 Å². The van der Waals surface area contributed by atoms with Crippen molar-refractivity contribution in [3.8, 4) is 66.8 Å². The van der Waals surface area contributed by atoms with E-state index in [1.165, 1.54) is 99.4 Å². The minimum Gasteiger partial charge on any atom is -0.0622 e. The predicted octanol–water partition coefficient (Wildman–Crippen LogP) is 14.6. The molecule has 0 aliphatic rings. The molecule has 0 unspecified atom stereocenters. The van der Waals surface area contributed by atoms with Gasteiger partial charge < -0.3 is 0 Å². The lowest BCUT2D eigenvalue weighted by Crippen LogP contribution is -1.93. The highest BCUT2D eigenvalue weighted by atomic mass is 14.2. The third kappa shape index (κ3) is 5.89. The van der Waals surface area contributed by atoms with Crippen LogP contribution in [-0.4, -0.2) is 0 Å². The van der Waals surface area contributed by atoms with E-state index in [1.807, 2.05) is 0 Å². The normalized spacial score (nSPS) is 11.3. The third-order valence-electron chi connectivity index (χ3n) is 10.3. The van der Waals surface area contributed by atoms with Gasteiger partial charge in [-0.3, -0.25) is 0 Å². The van der Waals surface area contributed by atoms with Gasteiger partial charge >= 0.3 is 0 Å². The van der Waals surface area contributed by atoms with Gasteiger partial charge in [0.05, 0.1) is 0 Å². The van der Waals surface area contributed by atoms with Gasteiger partial charge in [0.1, 0.15) is 0 Å². The molecule has 0 amide bonds. The summed E-state index contributed by atoms with van der Waals surface area (Å²) in [5.74, 6) is 0. The molecule has 9 aromatic rings. The van der Waals surface area contributed by atoms with Crippen LogP contribution in [0.2, 0.25) is 0 Å². The van der Waals surface area contributed by atoms with Gasteiger partial charge in [-0.05, 0) is 138 Å². The molecule has 0 fully saturated rings. The molecule has 0 aliphatic heterocycles. The van der Waals surface area contributed by atoms with Crippen molar-refractivity contribution in [2.45, 2.75) is 13.8 Å². The average molecular weight is 663 g/mol. The molecule has 0 heteroatoms. The maximum atomic E-state index is 2.38. The molecule has 0 heterocycles. The summed E-state index contributed by atoms with van der Waals surface area (Å²) in [5.41, 5.74) is 17.3. The predicted molar refractivity (Wildman–Crippen MR) is 224 cm³/mol. The van der Waals surface area contributed by atoms with Crippen LogP contribution in [0.3, 0.4) is 0 Å². The molecule has 9 rings (SSSR count). The highest BCUT2D eigenvalue weighted by Gasteiger charge is 2.18. The Bertz CT molecular complexity index is 2490. The van der Waals surface area contributed by atoms with Crippen LogP contribution in [0.1, 0.15) is 11.1 Å². The van der Waals surface area contributed by atoms with Gasteiger partial charge in [-0.1, -0.05) is 170 Å². The van der Waals surface area contributed by atoms with Crippen molar-refractivity contribution >= 4 is 21.5 Å². The van der Waals surface area contributed by atoms with E-state index in [4.69, 9.17) is 0 Å². The standard InChI is InChI=1S/C52H38/c1-35-27-43(41-21-13-19-39(31-41)37-15-5-3-6-16-37)33-45(29-35)51-47-23-9-11-25-49(47)52(50-26-12-10-24-48(50)51)46-30-36(2)28-44(34-46)42-22-14-20-40(32-42)38-17-7-4-8-18-38/h3-34H,1-2H3. The Morgan fingerprint density at radius 2 is 0.481 bits per heavy atom. The van der Waals surface area contributed by atoms with Crippen molar-refractivity contribution in [2.24, 2.45) is 0 Å². The van der Waals surface area contributed by atoms with Gasteiger partial charge in [-0.15, -0.1) is 0 Å². The fraction of sp³-hybridized carbons (Fsp3) is 0.0385. The smallest absolute Gasteiger partial charge is 0.00261 e. The van der Waals surface area contributed by atoms with Gasteiger partial charge in [0.15, 0.2) is 0 Å². The van der Waals surface area contributed by atoms with Crippen LogP contribution in [-0.2, 0) is 0 Å². The summed E-state index contributed by atoms with van der Waals surface area (Å²) in [5, 5.41) is 5.06. The maximum absolute atomic E-state index is 2.38. The Balaban J connectivity index is 1.22. The van der Waals surface area contributed by atoms with Crippen LogP contribution >= 0.6 is 0 Å².